The van der Waals surface area contributed by atoms with Crippen molar-refractivity contribution < 1.29 is 9.59 Å². The molecule has 3 rings (SSSR count). The fourth-order valence-corrected chi connectivity index (χ4v) is 2.93. The third-order valence-corrected chi connectivity index (χ3v) is 4.03. The van der Waals surface area contributed by atoms with Gasteiger partial charge in [-0.1, -0.05) is 30.3 Å². The summed E-state index contributed by atoms with van der Waals surface area (Å²) in [5, 5.41) is 2.76. The Labute approximate surface area is 118 Å². The van der Waals surface area contributed by atoms with E-state index in [1.165, 1.54) is 5.56 Å². The van der Waals surface area contributed by atoms with Gasteiger partial charge < -0.3 is 10.2 Å². The van der Waals surface area contributed by atoms with E-state index in [0.29, 0.717) is 13.1 Å². The van der Waals surface area contributed by atoms with Crippen molar-refractivity contribution >= 4 is 11.8 Å². The van der Waals surface area contributed by atoms with Crippen LogP contribution in [0.5, 0.6) is 0 Å². The molecule has 0 bridgehead atoms. The average molecular weight is 273 g/mol. The van der Waals surface area contributed by atoms with Gasteiger partial charge >= 0.3 is 0 Å². The molecule has 2 aliphatic heterocycles. The number of nitrogens with one attached hydrogen (secondary N) is 1. The number of hydrogen-bond donors (Lipinski definition) is 1. The summed E-state index contributed by atoms with van der Waals surface area (Å²) in [7, 11) is 0. The second-order valence-corrected chi connectivity index (χ2v) is 5.50. The highest BCUT2D eigenvalue weighted by Crippen LogP contribution is 2.17. The molecule has 2 heterocycles. The number of carbonyl (C=O) groups excluding carboxylic acids is 2. The molecule has 106 valence electrons. The lowest BCUT2D eigenvalue weighted by Gasteiger charge is -2.44. The highest BCUT2D eigenvalue weighted by atomic mass is 16.2. The average Bonchev–Trinajstić information content (AvgIpc) is 2.46. The summed E-state index contributed by atoms with van der Waals surface area (Å²) >= 11 is 0. The Kier molecular flexibility index (Phi) is 3.44. The van der Waals surface area contributed by atoms with E-state index in [1.54, 1.807) is 11.8 Å². The topological polar surface area (TPSA) is 52.7 Å². The van der Waals surface area contributed by atoms with Crippen molar-refractivity contribution in [2.45, 2.75) is 25.6 Å². The van der Waals surface area contributed by atoms with Crippen LogP contribution >= 0.6 is 0 Å². The molecular formula is C15H19N3O2. The predicted molar refractivity (Wildman–Crippen MR) is 74.8 cm³/mol. The SMILES string of the molecule is C[C@H]1NC(=O)[C@H]2CN(Cc3ccccc3)CCN2C1=O. The molecule has 0 saturated carbocycles. The molecule has 2 aliphatic rings. The molecule has 2 amide bonds. The van der Waals surface area contributed by atoms with Crippen molar-refractivity contribution in [2.75, 3.05) is 19.6 Å². The molecule has 0 spiro atoms. The maximum atomic E-state index is 12.1. The van der Waals surface area contributed by atoms with Crippen LogP contribution in [0.25, 0.3) is 0 Å². The maximum absolute atomic E-state index is 12.1. The summed E-state index contributed by atoms with van der Waals surface area (Å²) in [6.45, 7) is 4.62. The lowest BCUT2D eigenvalue weighted by atomic mass is 10.0. The Morgan fingerprint density at radius 3 is 2.70 bits per heavy atom. The second kappa shape index (κ2) is 5.25. The first-order valence-electron chi connectivity index (χ1n) is 7.02. The van der Waals surface area contributed by atoms with Crippen LogP contribution in [0.3, 0.4) is 0 Å². The van der Waals surface area contributed by atoms with Gasteiger partial charge in [-0.2, -0.15) is 0 Å². The Morgan fingerprint density at radius 2 is 1.95 bits per heavy atom. The van der Waals surface area contributed by atoms with Crippen molar-refractivity contribution in [3.63, 3.8) is 0 Å². The van der Waals surface area contributed by atoms with Gasteiger partial charge in [-0.15, -0.1) is 0 Å². The van der Waals surface area contributed by atoms with Gasteiger partial charge in [0.25, 0.3) is 0 Å². The van der Waals surface area contributed by atoms with E-state index in [0.717, 1.165) is 13.1 Å². The standard InChI is InChI=1S/C15H19N3O2/c1-11-15(20)18-8-7-17(10-13(18)14(19)16-11)9-12-5-3-2-4-6-12/h2-6,11,13H,7-10H2,1H3,(H,16,19)/t11-,13-/m1/s1. The number of benzene rings is 1. The third-order valence-electron chi connectivity index (χ3n) is 4.03. The highest BCUT2D eigenvalue weighted by molar-refractivity contribution is 5.97. The Bertz CT molecular complexity index is 517. The molecular weight excluding hydrogens is 254 g/mol. The van der Waals surface area contributed by atoms with Crippen molar-refractivity contribution in [1.82, 2.24) is 15.1 Å². The van der Waals surface area contributed by atoms with Gasteiger partial charge in [0.2, 0.25) is 11.8 Å². The summed E-state index contributed by atoms with van der Waals surface area (Å²) in [6.07, 6.45) is 0. The van der Waals surface area contributed by atoms with E-state index in [2.05, 4.69) is 22.3 Å². The summed E-state index contributed by atoms with van der Waals surface area (Å²) < 4.78 is 0. The molecule has 20 heavy (non-hydrogen) atoms. The molecule has 0 aliphatic carbocycles. The number of nitrogens with zero attached hydrogens (tertiary/aromatic N) is 2. The zero-order valence-electron chi connectivity index (χ0n) is 11.6. The number of carbonyl (C=O) groups is 2. The number of hydrogen-bond acceptors (Lipinski definition) is 3. The van der Waals surface area contributed by atoms with Gasteiger partial charge in [-0.3, -0.25) is 14.5 Å². The molecule has 0 radical (unpaired) electrons. The largest absolute Gasteiger partial charge is 0.343 e. The van der Waals surface area contributed by atoms with Crippen LogP contribution in [0.15, 0.2) is 30.3 Å². The molecule has 0 unspecified atom stereocenters. The first kappa shape index (κ1) is 13.1. The molecule has 2 saturated heterocycles. The summed E-state index contributed by atoms with van der Waals surface area (Å²) in [6, 6.07) is 9.47. The lowest BCUT2D eigenvalue weighted by molar-refractivity contribution is -0.152. The summed E-state index contributed by atoms with van der Waals surface area (Å²) in [5.41, 5.74) is 1.23. The first-order chi connectivity index (χ1) is 9.65. The van der Waals surface area contributed by atoms with E-state index in [-0.39, 0.29) is 23.9 Å². The number of rotatable bonds is 2. The normalized spacial score (nSPS) is 27.1. The molecule has 5 nitrogen and oxygen atoms in total. The van der Waals surface area contributed by atoms with E-state index in [1.807, 2.05) is 18.2 Å². The van der Waals surface area contributed by atoms with Crippen molar-refractivity contribution in [1.29, 1.82) is 0 Å². The molecule has 1 aromatic rings. The minimum absolute atomic E-state index is 0.0325. The molecule has 2 fully saturated rings. The molecule has 0 aromatic heterocycles. The first-order valence-corrected chi connectivity index (χ1v) is 7.02. The van der Waals surface area contributed by atoms with Gasteiger partial charge in [-0.05, 0) is 12.5 Å². The van der Waals surface area contributed by atoms with Crippen LogP contribution < -0.4 is 5.32 Å². The van der Waals surface area contributed by atoms with Crippen LogP contribution in [0.1, 0.15) is 12.5 Å². The Balaban J connectivity index is 1.69. The Morgan fingerprint density at radius 1 is 1.20 bits per heavy atom. The lowest BCUT2D eigenvalue weighted by Crippen LogP contribution is -2.68. The fourth-order valence-electron chi connectivity index (χ4n) is 2.93. The monoisotopic (exact) mass is 273 g/mol. The minimum Gasteiger partial charge on any atom is -0.343 e. The van der Waals surface area contributed by atoms with Gasteiger partial charge in [-0.25, -0.2) is 0 Å². The van der Waals surface area contributed by atoms with Crippen LogP contribution in [0.4, 0.5) is 0 Å². The third kappa shape index (κ3) is 2.41. The van der Waals surface area contributed by atoms with Gasteiger partial charge in [0.1, 0.15) is 12.1 Å². The Hall–Kier alpha value is -1.88. The molecule has 2 atom stereocenters. The van der Waals surface area contributed by atoms with Gasteiger partial charge in [0.05, 0.1) is 0 Å². The number of piperazine rings is 2. The molecule has 1 N–H and O–H groups in total. The smallest absolute Gasteiger partial charge is 0.245 e. The zero-order chi connectivity index (χ0) is 14.1. The van der Waals surface area contributed by atoms with Crippen LogP contribution in [-0.2, 0) is 16.1 Å². The van der Waals surface area contributed by atoms with Crippen LogP contribution in [0, 0.1) is 0 Å². The predicted octanol–water partition coefficient (Wildman–Crippen LogP) is 0.218. The van der Waals surface area contributed by atoms with Gasteiger partial charge in [0, 0.05) is 26.2 Å². The zero-order valence-corrected chi connectivity index (χ0v) is 11.6. The molecule has 1 aromatic carbocycles. The van der Waals surface area contributed by atoms with Crippen molar-refractivity contribution in [3.05, 3.63) is 35.9 Å². The summed E-state index contributed by atoms with van der Waals surface area (Å²) in [5.74, 6) is 0.00354. The second-order valence-electron chi connectivity index (χ2n) is 5.50. The quantitative estimate of drug-likeness (QED) is 0.838. The van der Waals surface area contributed by atoms with Crippen LogP contribution in [0.2, 0.25) is 0 Å². The fraction of sp³-hybridized carbons (Fsp3) is 0.467. The number of amides is 2. The van der Waals surface area contributed by atoms with Crippen LogP contribution in [-0.4, -0.2) is 53.3 Å². The van der Waals surface area contributed by atoms with Crippen molar-refractivity contribution in [2.24, 2.45) is 0 Å². The molecule has 5 heteroatoms. The van der Waals surface area contributed by atoms with Crippen molar-refractivity contribution in [3.8, 4) is 0 Å². The summed E-state index contributed by atoms with van der Waals surface area (Å²) in [4.78, 5) is 28.1. The maximum Gasteiger partial charge on any atom is 0.245 e. The highest BCUT2D eigenvalue weighted by Gasteiger charge is 2.41. The van der Waals surface area contributed by atoms with Gasteiger partial charge in [0.15, 0.2) is 0 Å². The van der Waals surface area contributed by atoms with E-state index < -0.39 is 0 Å². The van der Waals surface area contributed by atoms with E-state index in [4.69, 9.17) is 0 Å². The number of fused-ring (bicyclic) bond motifs is 1. The minimum atomic E-state index is -0.389. The van der Waals surface area contributed by atoms with E-state index >= 15 is 0 Å². The van der Waals surface area contributed by atoms with E-state index in [9.17, 15) is 9.59 Å².